The van der Waals surface area contributed by atoms with E-state index < -0.39 is 0 Å². The van der Waals surface area contributed by atoms with Crippen LogP contribution in [-0.2, 0) is 4.84 Å². The van der Waals surface area contributed by atoms with Crippen LogP contribution in [-0.4, -0.2) is 17.3 Å². The predicted octanol–water partition coefficient (Wildman–Crippen LogP) is 3.19. The summed E-state index contributed by atoms with van der Waals surface area (Å²) in [7, 11) is 0. The van der Waals surface area contributed by atoms with Crippen LogP contribution in [0.1, 0.15) is 38.8 Å². The lowest BCUT2D eigenvalue weighted by molar-refractivity contribution is 0.00912. The lowest BCUT2D eigenvalue weighted by Crippen LogP contribution is -2.49. The SMILES string of the molecule is CC1(C)[C@@H]2CC[C@@H](C2)C12CON=C2c1ccc[nH]1. The fourth-order valence-electron chi connectivity index (χ4n) is 4.89. The van der Waals surface area contributed by atoms with Gasteiger partial charge in [-0.15, -0.1) is 0 Å². The molecule has 1 aliphatic heterocycles. The minimum Gasteiger partial charge on any atom is -0.394 e. The Bertz CT molecular complexity index is 503. The van der Waals surface area contributed by atoms with Crippen molar-refractivity contribution in [1.82, 2.24) is 4.98 Å². The van der Waals surface area contributed by atoms with Crippen molar-refractivity contribution in [3.05, 3.63) is 24.0 Å². The van der Waals surface area contributed by atoms with Crippen molar-refractivity contribution in [2.75, 3.05) is 6.61 Å². The first-order valence-electron chi connectivity index (χ1n) is 7.00. The minimum absolute atomic E-state index is 0.140. The molecule has 0 saturated heterocycles. The van der Waals surface area contributed by atoms with Crippen LogP contribution in [0.15, 0.2) is 23.5 Å². The van der Waals surface area contributed by atoms with Gasteiger partial charge in [0.05, 0.1) is 11.1 Å². The number of rotatable bonds is 1. The molecule has 18 heavy (non-hydrogen) atoms. The van der Waals surface area contributed by atoms with Gasteiger partial charge in [-0.3, -0.25) is 0 Å². The molecule has 3 atom stereocenters. The predicted molar refractivity (Wildman–Crippen MR) is 70.3 cm³/mol. The molecule has 3 aliphatic rings. The molecule has 1 aromatic heterocycles. The monoisotopic (exact) mass is 244 g/mol. The second-order valence-corrected chi connectivity index (χ2v) is 6.70. The summed E-state index contributed by atoms with van der Waals surface area (Å²) in [5, 5.41) is 4.41. The van der Waals surface area contributed by atoms with Crippen molar-refractivity contribution in [1.29, 1.82) is 0 Å². The van der Waals surface area contributed by atoms with Crippen LogP contribution in [0.2, 0.25) is 0 Å². The summed E-state index contributed by atoms with van der Waals surface area (Å²) in [4.78, 5) is 8.89. The summed E-state index contributed by atoms with van der Waals surface area (Å²) >= 11 is 0. The molecule has 0 aromatic carbocycles. The molecule has 1 N–H and O–H groups in total. The van der Waals surface area contributed by atoms with Gasteiger partial charge in [-0.05, 0) is 48.6 Å². The molecule has 4 rings (SSSR count). The highest BCUT2D eigenvalue weighted by atomic mass is 16.6. The van der Waals surface area contributed by atoms with Gasteiger partial charge in [-0.2, -0.15) is 0 Å². The number of H-pyrrole nitrogens is 1. The van der Waals surface area contributed by atoms with Crippen LogP contribution in [0, 0.1) is 22.7 Å². The first-order valence-corrected chi connectivity index (χ1v) is 7.00. The summed E-state index contributed by atoms with van der Waals surface area (Å²) in [6.45, 7) is 5.61. The van der Waals surface area contributed by atoms with E-state index in [1.54, 1.807) is 0 Å². The molecule has 2 aliphatic carbocycles. The molecule has 96 valence electrons. The van der Waals surface area contributed by atoms with Gasteiger partial charge in [0.2, 0.25) is 0 Å². The molecule has 1 spiro atoms. The Kier molecular flexibility index (Phi) is 1.89. The Morgan fingerprint density at radius 3 is 2.83 bits per heavy atom. The third kappa shape index (κ3) is 1.00. The van der Waals surface area contributed by atoms with Crippen LogP contribution in [0.4, 0.5) is 0 Å². The lowest BCUT2D eigenvalue weighted by Gasteiger charge is -2.46. The zero-order valence-corrected chi connectivity index (χ0v) is 11.1. The molecule has 2 bridgehead atoms. The van der Waals surface area contributed by atoms with E-state index in [0.717, 1.165) is 24.1 Å². The summed E-state index contributed by atoms with van der Waals surface area (Å²) < 4.78 is 0. The molecule has 2 saturated carbocycles. The third-order valence-electron chi connectivity index (χ3n) is 6.02. The summed E-state index contributed by atoms with van der Waals surface area (Å²) in [5.74, 6) is 1.59. The highest BCUT2D eigenvalue weighted by molar-refractivity contribution is 6.05. The number of hydrogen-bond acceptors (Lipinski definition) is 2. The maximum absolute atomic E-state index is 5.57. The summed E-state index contributed by atoms with van der Waals surface area (Å²) in [5.41, 5.74) is 2.76. The number of nitrogens with one attached hydrogen (secondary N) is 1. The molecule has 3 heteroatoms. The third-order valence-corrected chi connectivity index (χ3v) is 6.02. The normalized spacial score (nSPS) is 40.2. The van der Waals surface area contributed by atoms with Gasteiger partial charge in [-0.25, -0.2) is 0 Å². The topological polar surface area (TPSA) is 37.4 Å². The molecule has 0 amide bonds. The number of fused-ring (bicyclic) bond motifs is 3. The first kappa shape index (κ1) is 10.7. The zero-order chi connectivity index (χ0) is 12.4. The van der Waals surface area contributed by atoms with E-state index >= 15 is 0 Å². The highest BCUT2D eigenvalue weighted by Gasteiger charge is 2.67. The molecule has 1 unspecified atom stereocenters. The Labute approximate surface area is 108 Å². The lowest BCUT2D eigenvalue weighted by atomic mass is 9.55. The van der Waals surface area contributed by atoms with E-state index in [2.05, 4.69) is 30.1 Å². The Morgan fingerprint density at radius 2 is 2.17 bits per heavy atom. The van der Waals surface area contributed by atoms with Gasteiger partial charge in [-0.1, -0.05) is 19.0 Å². The van der Waals surface area contributed by atoms with Gasteiger partial charge < -0.3 is 9.82 Å². The molecule has 2 heterocycles. The second kappa shape index (κ2) is 3.19. The number of nitrogens with zero attached hydrogens (tertiary/aromatic N) is 1. The average Bonchev–Trinajstić information content (AvgIpc) is 3.10. The molecule has 3 nitrogen and oxygen atoms in total. The standard InChI is InChI=1S/C15H20N2O/c1-14(2)10-5-6-11(8-10)15(14)9-18-17-13(15)12-4-3-7-16-12/h3-4,7,10-11,16H,5-6,8-9H2,1-2H3/t10-,11+,15?/m1/s1. The van der Waals surface area contributed by atoms with Crippen molar-refractivity contribution in [3.63, 3.8) is 0 Å². The number of aromatic amines is 1. The van der Waals surface area contributed by atoms with Crippen molar-refractivity contribution in [2.24, 2.45) is 27.8 Å². The molecule has 0 radical (unpaired) electrons. The molecule has 1 aromatic rings. The zero-order valence-electron chi connectivity index (χ0n) is 11.1. The van der Waals surface area contributed by atoms with E-state index in [4.69, 9.17) is 4.84 Å². The van der Waals surface area contributed by atoms with Gasteiger partial charge in [0.1, 0.15) is 12.3 Å². The van der Waals surface area contributed by atoms with Crippen LogP contribution in [0.3, 0.4) is 0 Å². The fraction of sp³-hybridized carbons (Fsp3) is 0.667. The van der Waals surface area contributed by atoms with Crippen molar-refractivity contribution >= 4 is 5.71 Å². The molecular weight excluding hydrogens is 224 g/mol. The maximum atomic E-state index is 5.57. The average molecular weight is 244 g/mol. The molecular formula is C15H20N2O. The van der Waals surface area contributed by atoms with Crippen LogP contribution < -0.4 is 0 Å². The number of aromatic nitrogens is 1. The molecule has 2 fully saturated rings. The van der Waals surface area contributed by atoms with Crippen molar-refractivity contribution in [3.8, 4) is 0 Å². The Hall–Kier alpha value is -1.25. The number of hydrogen-bond donors (Lipinski definition) is 1. The maximum Gasteiger partial charge on any atom is 0.129 e. The minimum atomic E-state index is 0.140. The van der Waals surface area contributed by atoms with E-state index in [1.807, 2.05) is 12.3 Å². The Balaban J connectivity index is 1.86. The van der Waals surface area contributed by atoms with Crippen LogP contribution in [0.5, 0.6) is 0 Å². The number of oxime groups is 1. The summed E-state index contributed by atoms with van der Waals surface area (Å²) in [6.07, 6.45) is 6.06. The van der Waals surface area contributed by atoms with E-state index in [0.29, 0.717) is 5.41 Å². The second-order valence-electron chi connectivity index (χ2n) is 6.70. The van der Waals surface area contributed by atoms with Gasteiger partial charge in [0, 0.05) is 6.20 Å². The van der Waals surface area contributed by atoms with Gasteiger partial charge in [0.25, 0.3) is 0 Å². The fourth-order valence-corrected chi connectivity index (χ4v) is 4.89. The van der Waals surface area contributed by atoms with E-state index in [1.165, 1.54) is 25.0 Å². The first-order chi connectivity index (χ1) is 8.66. The van der Waals surface area contributed by atoms with Crippen molar-refractivity contribution < 1.29 is 4.84 Å². The van der Waals surface area contributed by atoms with Crippen LogP contribution in [0.25, 0.3) is 0 Å². The van der Waals surface area contributed by atoms with E-state index in [-0.39, 0.29) is 5.41 Å². The Morgan fingerprint density at radius 1 is 1.33 bits per heavy atom. The quantitative estimate of drug-likeness (QED) is 0.809. The smallest absolute Gasteiger partial charge is 0.129 e. The van der Waals surface area contributed by atoms with Gasteiger partial charge >= 0.3 is 0 Å². The van der Waals surface area contributed by atoms with Gasteiger partial charge in [0.15, 0.2) is 0 Å². The van der Waals surface area contributed by atoms with Crippen molar-refractivity contribution in [2.45, 2.75) is 33.1 Å². The highest BCUT2D eigenvalue weighted by Crippen LogP contribution is 2.68. The van der Waals surface area contributed by atoms with E-state index in [9.17, 15) is 0 Å². The largest absolute Gasteiger partial charge is 0.394 e. The van der Waals surface area contributed by atoms with Crippen LogP contribution >= 0.6 is 0 Å². The summed E-state index contributed by atoms with van der Waals surface area (Å²) in [6, 6.07) is 4.17.